The van der Waals surface area contributed by atoms with Gasteiger partial charge in [0.15, 0.2) is 0 Å². The predicted octanol–water partition coefficient (Wildman–Crippen LogP) is 2.82. The van der Waals surface area contributed by atoms with Crippen LogP contribution in [0.25, 0.3) is 0 Å². The summed E-state index contributed by atoms with van der Waals surface area (Å²) in [5, 5.41) is 6.13. The molecule has 7 heteroatoms. The number of rotatable bonds is 3. The Bertz CT molecular complexity index is 391. The van der Waals surface area contributed by atoms with Crippen molar-refractivity contribution in [1.29, 1.82) is 0 Å². The van der Waals surface area contributed by atoms with Crippen molar-refractivity contribution in [2.24, 2.45) is 5.92 Å². The Labute approximate surface area is 120 Å². The number of halogens is 3. The number of hydrogen-bond acceptors (Lipinski definition) is 3. The summed E-state index contributed by atoms with van der Waals surface area (Å²) in [7, 11) is 0. The van der Waals surface area contributed by atoms with Crippen LogP contribution in [0.1, 0.15) is 16.8 Å². The van der Waals surface area contributed by atoms with Gasteiger partial charge in [-0.15, -0.1) is 23.7 Å². The van der Waals surface area contributed by atoms with Crippen molar-refractivity contribution in [2.45, 2.75) is 6.42 Å². The minimum absolute atomic E-state index is 0. The first-order valence-corrected chi connectivity index (χ1v) is 6.68. The van der Waals surface area contributed by atoms with Gasteiger partial charge in [0.1, 0.15) is 4.34 Å². The Morgan fingerprint density at radius 2 is 2.35 bits per heavy atom. The van der Waals surface area contributed by atoms with Crippen molar-refractivity contribution in [3.8, 4) is 0 Å². The van der Waals surface area contributed by atoms with Gasteiger partial charge in [0.25, 0.3) is 5.91 Å². The molecule has 0 radical (unpaired) electrons. The number of amides is 1. The maximum atomic E-state index is 11.8. The number of hydrogen-bond donors (Lipinski definition) is 2. The van der Waals surface area contributed by atoms with E-state index in [0.29, 0.717) is 26.7 Å². The standard InChI is InChI=1S/C10H12Cl2N2OS.ClH/c11-8-3-7(9(12)16-8)10(15)14-5-6-1-2-13-4-6;/h3,6,13H,1-2,4-5H2,(H,14,15);1H. The molecule has 1 unspecified atom stereocenters. The van der Waals surface area contributed by atoms with Gasteiger partial charge in [0.2, 0.25) is 0 Å². The fourth-order valence-corrected chi connectivity index (χ4v) is 3.17. The molecule has 96 valence electrons. The molecule has 0 aliphatic carbocycles. The highest BCUT2D eigenvalue weighted by atomic mass is 35.5. The lowest BCUT2D eigenvalue weighted by Crippen LogP contribution is -2.30. The van der Waals surface area contributed by atoms with Crippen LogP contribution < -0.4 is 10.6 Å². The van der Waals surface area contributed by atoms with Crippen LogP contribution in [0.15, 0.2) is 6.07 Å². The average molecular weight is 316 g/mol. The third kappa shape index (κ3) is 4.00. The zero-order valence-corrected chi connectivity index (χ0v) is 12.1. The van der Waals surface area contributed by atoms with E-state index in [1.807, 2.05) is 0 Å². The van der Waals surface area contributed by atoms with Crippen LogP contribution in [-0.4, -0.2) is 25.5 Å². The third-order valence-corrected chi connectivity index (χ3v) is 4.10. The van der Waals surface area contributed by atoms with Gasteiger partial charge in [-0.25, -0.2) is 0 Å². The van der Waals surface area contributed by atoms with Crippen LogP contribution in [0.3, 0.4) is 0 Å². The maximum Gasteiger partial charge on any atom is 0.253 e. The Kier molecular flexibility index (Phi) is 6.03. The number of carbonyl (C=O) groups is 1. The van der Waals surface area contributed by atoms with E-state index in [1.54, 1.807) is 6.07 Å². The molecule has 2 rings (SSSR count). The minimum atomic E-state index is -0.139. The first kappa shape index (κ1) is 15.1. The minimum Gasteiger partial charge on any atom is -0.352 e. The van der Waals surface area contributed by atoms with E-state index in [4.69, 9.17) is 23.2 Å². The molecule has 1 fully saturated rings. The summed E-state index contributed by atoms with van der Waals surface area (Å²) in [6.07, 6.45) is 1.11. The summed E-state index contributed by atoms with van der Waals surface area (Å²) < 4.78 is 0.990. The molecule has 0 aromatic carbocycles. The summed E-state index contributed by atoms with van der Waals surface area (Å²) in [5.74, 6) is 0.386. The monoisotopic (exact) mass is 314 g/mol. The van der Waals surface area contributed by atoms with Gasteiger partial charge < -0.3 is 10.6 Å². The summed E-state index contributed by atoms with van der Waals surface area (Å²) in [4.78, 5) is 11.8. The van der Waals surface area contributed by atoms with Crippen molar-refractivity contribution in [1.82, 2.24) is 10.6 Å². The highest BCUT2D eigenvalue weighted by Gasteiger charge is 2.18. The van der Waals surface area contributed by atoms with Crippen molar-refractivity contribution in [3.63, 3.8) is 0 Å². The van der Waals surface area contributed by atoms with Gasteiger partial charge in [0.05, 0.1) is 9.90 Å². The van der Waals surface area contributed by atoms with E-state index in [0.717, 1.165) is 19.5 Å². The predicted molar refractivity (Wildman–Crippen MR) is 74.9 cm³/mol. The Hall–Kier alpha value is -0.0000000000000000555. The van der Waals surface area contributed by atoms with Crippen molar-refractivity contribution in [3.05, 3.63) is 20.3 Å². The molecule has 1 atom stereocenters. The van der Waals surface area contributed by atoms with Crippen LogP contribution in [0.4, 0.5) is 0 Å². The van der Waals surface area contributed by atoms with Crippen molar-refractivity contribution in [2.75, 3.05) is 19.6 Å². The molecule has 0 saturated carbocycles. The molecule has 1 aliphatic heterocycles. The van der Waals surface area contributed by atoms with Gasteiger partial charge >= 0.3 is 0 Å². The fraction of sp³-hybridized carbons (Fsp3) is 0.500. The Morgan fingerprint density at radius 3 is 2.88 bits per heavy atom. The second-order valence-corrected chi connectivity index (χ2v) is 6.09. The zero-order valence-electron chi connectivity index (χ0n) is 8.96. The first-order valence-electron chi connectivity index (χ1n) is 5.10. The normalized spacial score (nSPS) is 18.8. The van der Waals surface area contributed by atoms with E-state index in [2.05, 4.69) is 10.6 Å². The first-order chi connectivity index (χ1) is 7.66. The number of thiophene rings is 1. The fourth-order valence-electron chi connectivity index (χ4n) is 1.72. The second-order valence-electron chi connectivity index (χ2n) is 3.81. The van der Waals surface area contributed by atoms with Gasteiger partial charge in [-0.3, -0.25) is 4.79 Å². The molecular weight excluding hydrogens is 303 g/mol. The van der Waals surface area contributed by atoms with E-state index < -0.39 is 0 Å². The topological polar surface area (TPSA) is 41.1 Å². The molecule has 3 nitrogen and oxygen atoms in total. The van der Waals surface area contributed by atoms with Gasteiger partial charge in [0, 0.05) is 6.54 Å². The van der Waals surface area contributed by atoms with Gasteiger partial charge in [-0.05, 0) is 31.5 Å². The van der Waals surface area contributed by atoms with Gasteiger partial charge in [-0.2, -0.15) is 0 Å². The zero-order chi connectivity index (χ0) is 11.5. The highest BCUT2D eigenvalue weighted by Crippen LogP contribution is 2.30. The largest absolute Gasteiger partial charge is 0.352 e. The van der Waals surface area contributed by atoms with E-state index >= 15 is 0 Å². The average Bonchev–Trinajstić information content (AvgIpc) is 2.84. The quantitative estimate of drug-likeness (QED) is 0.900. The SMILES string of the molecule is Cl.O=C(NCC1CCNC1)c1cc(Cl)sc1Cl. The summed E-state index contributed by atoms with van der Waals surface area (Å²) in [6, 6.07) is 1.61. The lowest BCUT2D eigenvalue weighted by molar-refractivity contribution is 0.0949. The smallest absolute Gasteiger partial charge is 0.253 e. The lowest BCUT2D eigenvalue weighted by Gasteiger charge is -2.09. The summed E-state index contributed by atoms with van der Waals surface area (Å²) in [6.45, 7) is 2.69. The molecule has 1 aliphatic rings. The van der Waals surface area contributed by atoms with Crippen LogP contribution in [-0.2, 0) is 0 Å². The van der Waals surface area contributed by atoms with Crippen LogP contribution in [0.2, 0.25) is 8.67 Å². The van der Waals surface area contributed by atoms with E-state index in [1.165, 1.54) is 11.3 Å². The molecule has 17 heavy (non-hydrogen) atoms. The summed E-state index contributed by atoms with van der Waals surface area (Å²) in [5.41, 5.74) is 0.475. The van der Waals surface area contributed by atoms with Crippen LogP contribution in [0, 0.1) is 5.92 Å². The lowest BCUT2D eigenvalue weighted by atomic mass is 10.1. The maximum absolute atomic E-state index is 11.8. The summed E-state index contributed by atoms with van der Waals surface area (Å²) >= 11 is 12.9. The molecule has 1 amide bonds. The van der Waals surface area contributed by atoms with E-state index in [9.17, 15) is 4.79 Å². The second kappa shape index (κ2) is 6.81. The highest BCUT2D eigenvalue weighted by molar-refractivity contribution is 7.20. The molecule has 0 spiro atoms. The number of nitrogens with one attached hydrogen (secondary N) is 2. The van der Waals surface area contributed by atoms with Crippen LogP contribution >= 0.6 is 46.9 Å². The molecule has 0 bridgehead atoms. The third-order valence-electron chi connectivity index (χ3n) is 2.61. The number of carbonyl (C=O) groups excluding carboxylic acids is 1. The molecular formula is C10H13Cl3N2OS. The van der Waals surface area contributed by atoms with E-state index in [-0.39, 0.29) is 18.3 Å². The van der Waals surface area contributed by atoms with Crippen LogP contribution in [0.5, 0.6) is 0 Å². The van der Waals surface area contributed by atoms with Crippen molar-refractivity contribution < 1.29 is 4.79 Å². The molecule has 1 aromatic rings. The van der Waals surface area contributed by atoms with Crippen molar-refractivity contribution >= 4 is 52.9 Å². The molecule has 2 heterocycles. The Morgan fingerprint density at radius 1 is 1.59 bits per heavy atom. The Balaban J connectivity index is 0.00000144. The molecule has 1 saturated heterocycles. The van der Waals surface area contributed by atoms with Gasteiger partial charge in [-0.1, -0.05) is 23.2 Å². The molecule has 2 N–H and O–H groups in total. The molecule has 1 aromatic heterocycles.